The maximum atomic E-state index is 2.55. The first kappa shape index (κ1) is 18.4. The van der Waals surface area contributed by atoms with Gasteiger partial charge in [0.05, 0.1) is 0 Å². The fourth-order valence-corrected chi connectivity index (χ4v) is 9.14. The lowest BCUT2D eigenvalue weighted by atomic mass is 9.51. The Morgan fingerprint density at radius 2 is 1.12 bits per heavy atom. The molecular formula is C25H44. The van der Waals surface area contributed by atoms with E-state index in [4.69, 9.17) is 0 Å². The highest BCUT2D eigenvalue weighted by Crippen LogP contribution is 2.75. The van der Waals surface area contributed by atoms with E-state index in [1.165, 1.54) is 6.42 Å². The molecule has 0 N–H and O–H groups in total. The molecule has 0 heteroatoms. The smallest absolute Gasteiger partial charge is 0.0298 e. The summed E-state index contributed by atoms with van der Waals surface area (Å²) < 4.78 is 0. The maximum Gasteiger partial charge on any atom is -0.0298 e. The van der Waals surface area contributed by atoms with Gasteiger partial charge in [0.25, 0.3) is 0 Å². The van der Waals surface area contributed by atoms with Crippen LogP contribution in [0.5, 0.6) is 0 Å². The first-order valence-corrected chi connectivity index (χ1v) is 11.3. The Balaban J connectivity index is 1.64. The second kappa shape index (κ2) is 5.29. The zero-order valence-electron chi connectivity index (χ0n) is 18.5. The van der Waals surface area contributed by atoms with Crippen molar-refractivity contribution in [2.45, 2.75) is 88.0 Å². The van der Waals surface area contributed by atoms with Gasteiger partial charge in [0.1, 0.15) is 0 Å². The van der Waals surface area contributed by atoms with Crippen LogP contribution in [0.3, 0.4) is 0 Å². The topological polar surface area (TPSA) is 0 Å². The summed E-state index contributed by atoms with van der Waals surface area (Å²) in [6.07, 6.45) is 6.21. The summed E-state index contributed by atoms with van der Waals surface area (Å²) in [4.78, 5) is 0. The zero-order valence-corrected chi connectivity index (χ0v) is 18.5. The SMILES string of the molecule is CC(C)(C)CC1CC2CC1C1C3CC(C21)C(C(C)(C)C)C3C(C)(C)C. The minimum Gasteiger partial charge on any atom is -0.0602 e. The number of hydrogen-bond acceptors (Lipinski definition) is 0. The fraction of sp³-hybridized carbons (Fsp3) is 1.00. The van der Waals surface area contributed by atoms with Crippen LogP contribution >= 0.6 is 0 Å². The molecule has 0 aromatic rings. The van der Waals surface area contributed by atoms with Gasteiger partial charge < -0.3 is 0 Å². The lowest BCUT2D eigenvalue weighted by Crippen LogP contribution is -2.48. The number of rotatable bonds is 1. The van der Waals surface area contributed by atoms with E-state index in [0.29, 0.717) is 16.2 Å². The molecule has 9 unspecified atom stereocenters. The molecule has 4 saturated carbocycles. The van der Waals surface area contributed by atoms with E-state index in [1.807, 2.05) is 0 Å². The predicted octanol–water partition coefficient (Wildman–Crippen LogP) is 7.29. The van der Waals surface area contributed by atoms with Crippen molar-refractivity contribution >= 4 is 0 Å². The van der Waals surface area contributed by atoms with Crippen molar-refractivity contribution in [1.29, 1.82) is 0 Å². The van der Waals surface area contributed by atoms with Crippen molar-refractivity contribution in [2.24, 2.45) is 69.5 Å². The van der Waals surface area contributed by atoms with Crippen LogP contribution in [0, 0.1) is 69.5 Å². The monoisotopic (exact) mass is 344 g/mol. The van der Waals surface area contributed by atoms with Crippen molar-refractivity contribution in [3.05, 3.63) is 0 Å². The average molecular weight is 345 g/mol. The van der Waals surface area contributed by atoms with Crippen molar-refractivity contribution < 1.29 is 0 Å². The lowest BCUT2D eigenvalue weighted by Gasteiger charge is -2.53. The Kier molecular flexibility index (Phi) is 3.88. The second-order valence-electron chi connectivity index (χ2n) is 13.9. The molecule has 4 aliphatic rings. The molecular weight excluding hydrogens is 300 g/mol. The average Bonchev–Trinajstić information content (AvgIpc) is 3.09. The Morgan fingerprint density at radius 1 is 0.600 bits per heavy atom. The van der Waals surface area contributed by atoms with Crippen LogP contribution in [-0.2, 0) is 0 Å². The summed E-state index contributed by atoms with van der Waals surface area (Å²) in [6, 6.07) is 0. The molecule has 4 fully saturated rings. The van der Waals surface area contributed by atoms with E-state index in [9.17, 15) is 0 Å². The predicted molar refractivity (Wildman–Crippen MR) is 108 cm³/mol. The molecule has 9 atom stereocenters. The largest absolute Gasteiger partial charge is 0.0602 e. The zero-order chi connectivity index (χ0) is 18.5. The third-order valence-electron chi connectivity index (χ3n) is 8.99. The van der Waals surface area contributed by atoms with Crippen molar-refractivity contribution in [3.8, 4) is 0 Å². The number of fused-ring (bicyclic) bond motifs is 9. The van der Waals surface area contributed by atoms with Gasteiger partial charge in [-0.25, -0.2) is 0 Å². The van der Waals surface area contributed by atoms with Crippen LogP contribution in [0.25, 0.3) is 0 Å². The molecule has 144 valence electrons. The van der Waals surface area contributed by atoms with E-state index < -0.39 is 0 Å². The molecule has 0 aromatic carbocycles. The van der Waals surface area contributed by atoms with Crippen molar-refractivity contribution in [3.63, 3.8) is 0 Å². The maximum absolute atomic E-state index is 2.55. The molecule has 4 bridgehead atoms. The van der Waals surface area contributed by atoms with Crippen LogP contribution < -0.4 is 0 Å². The summed E-state index contributed by atoms with van der Waals surface area (Å²) in [5.41, 5.74) is 1.47. The van der Waals surface area contributed by atoms with Gasteiger partial charge in [-0.15, -0.1) is 0 Å². The van der Waals surface area contributed by atoms with Crippen molar-refractivity contribution in [2.75, 3.05) is 0 Å². The minimum absolute atomic E-state index is 0.476. The van der Waals surface area contributed by atoms with Crippen molar-refractivity contribution in [1.82, 2.24) is 0 Å². The first-order valence-electron chi connectivity index (χ1n) is 11.3. The molecule has 0 spiro atoms. The van der Waals surface area contributed by atoms with Gasteiger partial charge >= 0.3 is 0 Å². The summed E-state index contributed by atoms with van der Waals surface area (Å²) in [7, 11) is 0. The summed E-state index contributed by atoms with van der Waals surface area (Å²) in [5.74, 6) is 9.40. The first-order chi connectivity index (χ1) is 11.3. The highest BCUT2D eigenvalue weighted by atomic mass is 14.7. The van der Waals surface area contributed by atoms with Crippen LogP contribution in [0.2, 0.25) is 0 Å². The molecule has 0 saturated heterocycles. The molecule has 0 amide bonds. The Bertz CT molecular complexity index is 522. The Morgan fingerprint density at radius 3 is 1.60 bits per heavy atom. The van der Waals surface area contributed by atoms with Crippen LogP contribution in [0.4, 0.5) is 0 Å². The molecule has 0 aliphatic heterocycles. The Hall–Kier alpha value is 0. The second-order valence-corrected chi connectivity index (χ2v) is 13.9. The molecule has 0 radical (unpaired) electrons. The highest BCUT2D eigenvalue weighted by molar-refractivity contribution is 5.17. The van der Waals surface area contributed by atoms with Gasteiger partial charge in [0, 0.05) is 0 Å². The molecule has 25 heavy (non-hydrogen) atoms. The van der Waals surface area contributed by atoms with E-state index in [0.717, 1.165) is 53.3 Å². The molecule has 4 aliphatic carbocycles. The lowest BCUT2D eigenvalue weighted by molar-refractivity contribution is -0.0559. The third kappa shape index (κ3) is 2.75. The van der Waals surface area contributed by atoms with Crippen LogP contribution in [0.15, 0.2) is 0 Å². The summed E-state index contributed by atoms with van der Waals surface area (Å²) in [5, 5.41) is 0. The van der Waals surface area contributed by atoms with Gasteiger partial charge in [-0.2, -0.15) is 0 Å². The van der Waals surface area contributed by atoms with E-state index in [-0.39, 0.29) is 0 Å². The highest BCUT2D eigenvalue weighted by Gasteiger charge is 2.69. The van der Waals surface area contributed by atoms with Crippen LogP contribution in [0.1, 0.15) is 88.0 Å². The Labute approximate surface area is 157 Å². The molecule has 4 rings (SSSR count). The van der Waals surface area contributed by atoms with E-state index >= 15 is 0 Å². The quantitative estimate of drug-likeness (QED) is 0.438. The fourth-order valence-electron chi connectivity index (χ4n) is 9.14. The van der Waals surface area contributed by atoms with Gasteiger partial charge in [0.15, 0.2) is 0 Å². The summed E-state index contributed by atoms with van der Waals surface area (Å²) in [6.45, 7) is 22.7. The standard InChI is InChI=1S/C25H44/c1-23(2,3)13-15-10-14-11-16(15)20-18-12-17(19(14)20)21(24(4,5)6)22(18)25(7,8)9/h14-22H,10-13H2,1-9H3. The normalized spacial score (nSPS) is 49.1. The molecule has 0 nitrogen and oxygen atoms in total. The van der Waals surface area contributed by atoms with Gasteiger partial charge in [-0.1, -0.05) is 62.3 Å². The van der Waals surface area contributed by atoms with Gasteiger partial charge in [-0.05, 0) is 95.2 Å². The van der Waals surface area contributed by atoms with Crippen LogP contribution in [-0.4, -0.2) is 0 Å². The number of hydrogen-bond donors (Lipinski definition) is 0. The third-order valence-corrected chi connectivity index (χ3v) is 8.99. The van der Waals surface area contributed by atoms with Gasteiger partial charge in [-0.3, -0.25) is 0 Å². The molecule has 0 aromatic heterocycles. The van der Waals surface area contributed by atoms with E-state index in [2.05, 4.69) is 62.3 Å². The summed E-state index contributed by atoms with van der Waals surface area (Å²) >= 11 is 0. The van der Waals surface area contributed by atoms with E-state index in [1.54, 1.807) is 19.3 Å². The minimum atomic E-state index is 0.476. The molecule has 0 heterocycles. The van der Waals surface area contributed by atoms with Gasteiger partial charge in [0.2, 0.25) is 0 Å².